The van der Waals surface area contributed by atoms with Crippen molar-refractivity contribution in [3.05, 3.63) is 93.0 Å². The van der Waals surface area contributed by atoms with Gasteiger partial charge in [0.15, 0.2) is 0 Å². The molecule has 0 bridgehead atoms. The van der Waals surface area contributed by atoms with Crippen molar-refractivity contribution in [1.29, 1.82) is 0 Å². The fourth-order valence-electron chi connectivity index (χ4n) is 28.0. The molecule has 0 unspecified atom stereocenters. The summed E-state index contributed by atoms with van der Waals surface area (Å²) in [5.41, 5.74) is 6.67. The van der Waals surface area contributed by atoms with Gasteiger partial charge in [-0.2, -0.15) is 0 Å². The SMILES string of the molecule is CC(C)(C)OC(=O)c1ccc(C2(c3ccc(C(=O)OC(C)(C)C)cc3)C34c5c6c7c8c9c%10c(c%11c%12c3c3c5c5c%13c6c6c7c7c9c9c%14c%10c%10c%11c%11c%12c%12c3c3c5c5c%13c%13c6c6c7c9c7c9c%14c%10c%10c%11c%11c%12c3c3c5c5c%13c6c7c6c9c%10c%11c3c56)C824)cc1. The number of ether oxygens (including phenoxy) is 2. The highest BCUT2D eigenvalue weighted by molar-refractivity contribution is 6.82. The lowest BCUT2D eigenvalue weighted by Gasteiger charge is -2.32. The maximum atomic E-state index is 14.4. The van der Waals surface area contributed by atoms with Gasteiger partial charge in [-0.1, -0.05) is 24.3 Å². The second-order valence-corrected chi connectivity index (χ2v) is 32.2. The number of esters is 2. The van der Waals surface area contributed by atoms with Crippen LogP contribution in [0.25, 0.3) is 291 Å². The average Bonchev–Trinajstić information content (AvgIpc) is 1.36. The van der Waals surface area contributed by atoms with Crippen LogP contribution in [0.15, 0.2) is 48.5 Å². The molecule has 0 aromatic heterocycles. The lowest BCUT2D eigenvalue weighted by atomic mass is 9.68. The van der Waals surface area contributed by atoms with Gasteiger partial charge in [-0.05, 0) is 390 Å². The molecule has 0 aliphatic heterocycles. The smallest absolute Gasteiger partial charge is 0.338 e. The minimum Gasteiger partial charge on any atom is -0.456 e. The molecule has 1 saturated carbocycles. The molecule has 30 aromatic carbocycles. The Kier molecular flexibility index (Phi) is 3.63. The Hall–Kier alpha value is -10.2. The molecule has 2 spiro atoms. The van der Waals surface area contributed by atoms with E-state index in [9.17, 15) is 9.59 Å². The maximum Gasteiger partial charge on any atom is 0.338 e. The van der Waals surface area contributed by atoms with Crippen LogP contribution in [0, 0.1) is 0 Å². The lowest BCUT2D eigenvalue weighted by Crippen LogP contribution is -2.27. The summed E-state index contributed by atoms with van der Waals surface area (Å²) < 4.78 is 12.4. The number of hydrogen-bond donors (Lipinski definition) is 0. The molecule has 0 radical (unpaired) electrons. The van der Waals surface area contributed by atoms with Crippen molar-refractivity contribution in [1.82, 2.24) is 0 Å². The highest BCUT2D eigenvalue weighted by Crippen LogP contribution is 2.97. The Morgan fingerprint density at radius 1 is 0.218 bits per heavy atom. The lowest BCUT2D eigenvalue weighted by molar-refractivity contribution is 0.00570. The second kappa shape index (κ2) is 8.63. The van der Waals surface area contributed by atoms with Gasteiger partial charge in [0.2, 0.25) is 0 Å². The molecule has 0 amide bonds. The van der Waals surface area contributed by atoms with E-state index in [0.29, 0.717) is 11.1 Å². The van der Waals surface area contributed by atoms with Gasteiger partial charge in [-0.25, -0.2) is 9.59 Å². The molecule has 0 N–H and O–H groups in total. The molecule has 4 nitrogen and oxygen atoms in total. The van der Waals surface area contributed by atoms with Crippen molar-refractivity contribution in [3.63, 3.8) is 0 Å². The second-order valence-electron chi connectivity index (χ2n) is 32.2. The fraction of sp³-hybridized carbons (Fsp3) is 0.133. The summed E-state index contributed by atoms with van der Waals surface area (Å²) in [5, 5.41) is 84.9. The summed E-state index contributed by atoms with van der Waals surface area (Å²) in [6, 6.07) is 17.9. The minimum atomic E-state index is -0.747. The first-order valence-electron chi connectivity index (χ1n) is 31.9. The van der Waals surface area contributed by atoms with Crippen LogP contribution in [0.5, 0.6) is 0 Å². The van der Waals surface area contributed by atoms with Crippen LogP contribution in [0.2, 0.25) is 0 Å². The van der Waals surface area contributed by atoms with Gasteiger partial charge in [0, 0.05) is 0 Å². The molecule has 87 heavy (non-hydrogen) atoms. The quantitative estimate of drug-likeness (QED) is 0.130. The van der Waals surface area contributed by atoms with Gasteiger partial charge in [-0.3, -0.25) is 0 Å². The van der Waals surface area contributed by atoms with E-state index in [0.717, 1.165) is 0 Å². The molecule has 0 saturated heterocycles. The van der Waals surface area contributed by atoms with Gasteiger partial charge < -0.3 is 9.47 Å². The van der Waals surface area contributed by atoms with E-state index in [1.54, 1.807) is 313 Å². The predicted octanol–water partition coefficient (Wildman–Crippen LogP) is 21.2. The zero-order valence-corrected chi connectivity index (χ0v) is 46.8. The van der Waals surface area contributed by atoms with Crippen LogP contribution in [0.1, 0.15) is 95.6 Å². The predicted molar refractivity (Wildman–Crippen MR) is 358 cm³/mol. The monoisotopic (exact) mass is 1090 g/mol. The Labute approximate surface area is 481 Å². The molecular formula is C83H26O4. The third kappa shape index (κ3) is 2.25. The molecule has 382 valence electrons. The van der Waals surface area contributed by atoms with Crippen molar-refractivity contribution in [3.8, 4) is 0 Å². The van der Waals surface area contributed by atoms with Crippen molar-refractivity contribution in [2.24, 2.45) is 0 Å². The molecule has 0 atom stereocenters. The third-order valence-electron chi connectivity index (χ3n) is 28.3. The first-order chi connectivity index (χ1) is 42.4. The molecule has 1 fully saturated rings. The Bertz CT molecular complexity index is 7680. The normalized spacial score (nSPS) is 18.8. The molecule has 5 aliphatic rings. The molecule has 35 rings (SSSR count). The van der Waals surface area contributed by atoms with Gasteiger partial charge in [0.25, 0.3) is 0 Å². The average molecular weight is 1090 g/mol. The van der Waals surface area contributed by atoms with E-state index in [4.69, 9.17) is 9.47 Å². The molecule has 5 aliphatic carbocycles. The van der Waals surface area contributed by atoms with Gasteiger partial charge >= 0.3 is 11.9 Å². The third-order valence-corrected chi connectivity index (χ3v) is 28.3. The van der Waals surface area contributed by atoms with Crippen LogP contribution in [0.3, 0.4) is 0 Å². The first-order valence-corrected chi connectivity index (χ1v) is 31.9. The summed E-state index contributed by atoms with van der Waals surface area (Å²) in [7, 11) is 0. The fourth-order valence-corrected chi connectivity index (χ4v) is 28.0. The van der Waals surface area contributed by atoms with Crippen molar-refractivity contribution < 1.29 is 19.1 Å². The van der Waals surface area contributed by atoms with Crippen LogP contribution in [0.4, 0.5) is 0 Å². The van der Waals surface area contributed by atoms with E-state index in [-0.39, 0.29) is 11.9 Å². The van der Waals surface area contributed by atoms with Crippen molar-refractivity contribution >= 4 is 303 Å². The van der Waals surface area contributed by atoms with Crippen LogP contribution in [-0.2, 0) is 25.7 Å². The molecule has 30 aromatic rings. The highest BCUT2D eigenvalue weighted by atomic mass is 16.6. The van der Waals surface area contributed by atoms with Crippen LogP contribution in [-0.4, -0.2) is 23.1 Å². The summed E-state index contributed by atoms with van der Waals surface area (Å²) in [5.74, 6) is -0.599. The summed E-state index contributed by atoms with van der Waals surface area (Å²) in [6.45, 7) is 11.8. The van der Waals surface area contributed by atoms with Crippen molar-refractivity contribution in [2.75, 3.05) is 0 Å². The number of carbonyl (C=O) groups excluding carboxylic acids is 2. The maximum absolute atomic E-state index is 14.4. The number of benzene rings is 20. The Balaban J connectivity index is 0.956. The summed E-state index contributed by atoms with van der Waals surface area (Å²) in [6.07, 6.45) is 0. The van der Waals surface area contributed by atoms with Gasteiger partial charge in [0.05, 0.1) is 27.4 Å². The standard InChI is InChI=1S/C83H26O4/c1-79(2,3)86-77(84)15-7-11-17(12-8-15)81(18-13-9-16(10-14-18)78(85)87-80(4,5)6)82-73-65-57-47-37-29-21-19-20-23-27-25(21)33-41-35(27)45-39-31(23)32-24(20)28-26-22(19)30(29)38-44-34(26)42-36(28)46-40(32)50-49(39)59-53(45)63-55(41)61(51(57)43(33)37)69(73)71(63)75-67(59)68-60(50)54(46)64-56(42)62-52(44)58(48(38)47)66(65)74(82)70(62)72(64)76(68)83(75,81)82/h7-14H,1-6H3. The molecule has 4 heteroatoms. The van der Waals surface area contributed by atoms with Crippen LogP contribution < -0.4 is 0 Å². The van der Waals surface area contributed by atoms with Gasteiger partial charge in [0.1, 0.15) is 11.2 Å². The van der Waals surface area contributed by atoms with E-state index in [1.807, 2.05) is 41.5 Å². The summed E-state index contributed by atoms with van der Waals surface area (Å²) in [4.78, 5) is 28.9. The van der Waals surface area contributed by atoms with E-state index in [1.165, 1.54) is 11.1 Å². The van der Waals surface area contributed by atoms with Gasteiger partial charge in [-0.15, -0.1) is 0 Å². The molecule has 0 heterocycles. The zero-order valence-electron chi connectivity index (χ0n) is 46.8. The molecular weight excluding hydrogens is 1060 g/mol. The number of carbonyl (C=O) groups is 2. The number of rotatable bonds is 4. The largest absolute Gasteiger partial charge is 0.456 e. The minimum absolute atomic E-state index is 0.299. The van der Waals surface area contributed by atoms with E-state index < -0.39 is 27.4 Å². The van der Waals surface area contributed by atoms with Crippen LogP contribution >= 0.6 is 0 Å². The topological polar surface area (TPSA) is 52.6 Å². The highest BCUT2D eigenvalue weighted by Gasteiger charge is 2.95. The van der Waals surface area contributed by atoms with E-state index in [2.05, 4.69) is 48.5 Å². The zero-order chi connectivity index (χ0) is 54.5. The Morgan fingerprint density at radius 3 is 0.494 bits per heavy atom. The summed E-state index contributed by atoms with van der Waals surface area (Å²) >= 11 is 0. The Morgan fingerprint density at radius 2 is 0.356 bits per heavy atom. The van der Waals surface area contributed by atoms with Crippen molar-refractivity contribution in [2.45, 2.75) is 69.0 Å². The van der Waals surface area contributed by atoms with E-state index >= 15 is 0 Å². The first kappa shape index (κ1) is 36.6. The number of hydrogen-bond acceptors (Lipinski definition) is 4.